The molecule has 17 heavy (non-hydrogen) atoms. The Morgan fingerprint density at radius 1 is 0.941 bits per heavy atom. The Bertz CT molecular complexity index is 385. The van der Waals surface area contributed by atoms with E-state index in [2.05, 4.69) is 0 Å². The second-order valence-corrected chi connectivity index (χ2v) is 4.55. The van der Waals surface area contributed by atoms with Crippen molar-refractivity contribution in [3.63, 3.8) is 0 Å². The van der Waals surface area contributed by atoms with Crippen LogP contribution in [0.1, 0.15) is 32.1 Å². The summed E-state index contributed by atoms with van der Waals surface area (Å²) in [6, 6.07) is 2.52. The topological polar surface area (TPSA) is 29.3 Å². The van der Waals surface area contributed by atoms with E-state index >= 15 is 0 Å². The molecule has 0 bridgehead atoms. The number of benzene rings is 1. The third-order valence-electron chi connectivity index (χ3n) is 3.27. The van der Waals surface area contributed by atoms with Crippen LogP contribution in [0.3, 0.4) is 0 Å². The second-order valence-electron chi connectivity index (χ2n) is 4.55. The van der Waals surface area contributed by atoms with Crippen LogP contribution >= 0.6 is 0 Å². The summed E-state index contributed by atoms with van der Waals surface area (Å²) in [6.45, 7) is 1.51. The molecule has 1 fully saturated rings. The van der Waals surface area contributed by atoms with Crippen LogP contribution in [-0.4, -0.2) is 13.1 Å². The Hall–Kier alpha value is -1.32. The molecule has 2 rings (SSSR count). The molecule has 4 heteroatoms. The lowest BCUT2D eigenvalue weighted by molar-refractivity contribution is 0.498. The van der Waals surface area contributed by atoms with Crippen molar-refractivity contribution in [3.05, 3.63) is 23.8 Å². The first-order valence-corrected chi connectivity index (χ1v) is 6.18. The highest BCUT2D eigenvalue weighted by atomic mass is 19.2. The molecule has 1 heterocycles. The largest absolute Gasteiger partial charge is 0.397 e. The molecule has 1 aromatic rings. The fourth-order valence-electron chi connectivity index (χ4n) is 2.35. The van der Waals surface area contributed by atoms with Crippen molar-refractivity contribution in [2.45, 2.75) is 32.1 Å². The van der Waals surface area contributed by atoms with Crippen molar-refractivity contribution in [2.24, 2.45) is 0 Å². The second kappa shape index (κ2) is 5.34. The van der Waals surface area contributed by atoms with Crippen LogP contribution in [0.25, 0.3) is 0 Å². The number of nitrogens with zero attached hydrogens (tertiary/aromatic N) is 1. The van der Waals surface area contributed by atoms with Gasteiger partial charge >= 0.3 is 0 Å². The highest BCUT2D eigenvalue weighted by molar-refractivity contribution is 5.68. The van der Waals surface area contributed by atoms with Gasteiger partial charge in [-0.05, 0) is 25.0 Å². The lowest BCUT2D eigenvalue weighted by Gasteiger charge is -2.28. The van der Waals surface area contributed by atoms with E-state index < -0.39 is 11.6 Å². The monoisotopic (exact) mass is 240 g/mol. The number of nitrogen functional groups attached to an aromatic ring is 1. The molecule has 0 amide bonds. The lowest BCUT2D eigenvalue weighted by Crippen LogP contribution is -2.29. The summed E-state index contributed by atoms with van der Waals surface area (Å²) in [5, 5.41) is 0. The standard InChI is InChI=1S/C13H18F2N2/c14-10-6-7-11(16)13(12(10)15)17-8-4-2-1-3-5-9-17/h6-7H,1-5,8-9,16H2. The number of nitrogens with two attached hydrogens (primary N) is 1. The van der Waals surface area contributed by atoms with Gasteiger partial charge < -0.3 is 10.6 Å². The van der Waals surface area contributed by atoms with Gasteiger partial charge in [0.05, 0.1) is 11.4 Å². The summed E-state index contributed by atoms with van der Waals surface area (Å²) in [4.78, 5) is 1.88. The van der Waals surface area contributed by atoms with Crippen molar-refractivity contribution >= 4 is 11.4 Å². The summed E-state index contributed by atoms with van der Waals surface area (Å²) in [6.07, 6.45) is 5.54. The maximum atomic E-state index is 13.8. The SMILES string of the molecule is Nc1ccc(F)c(F)c1N1CCCCCCC1. The molecule has 0 spiro atoms. The van der Waals surface area contributed by atoms with Crippen LogP contribution in [0, 0.1) is 11.6 Å². The summed E-state index contributed by atoms with van der Waals surface area (Å²) in [5.74, 6) is -1.64. The molecule has 0 atom stereocenters. The van der Waals surface area contributed by atoms with Gasteiger partial charge in [0.25, 0.3) is 0 Å². The third-order valence-corrected chi connectivity index (χ3v) is 3.27. The van der Waals surface area contributed by atoms with Crippen LogP contribution in [0.5, 0.6) is 0 Å². The number of anilines is 2. The number of hydrogen-bond donors (Lipinski definition) is 1. The molecule has 0 unspecified atom stereocenters. The predicted octanol–water partition coefficient (Wildman–Crippen LogP) is 3.32. The maximum absolute atomic E-state index is 13.8. The average molecular weight is 240 g/mol. The molecule has 0 radical (unpaired) electrons. The van der Waals surface area contributed by atoms with Gasteiger partial charge in [-0.1, -0.05) is 19.3 Å². The van der Waals surface area contributed by atoms with Crippen molar-refractivity contribution in [1.82, 2.24) is 0 Å². The van der Waals surface area contributed by atoms with Crippen molar-refractivity contribution in [1.29, 1.82) is 0 Å². The molecular formula is C13H18F2N2. The summed E-state index contributed by atoms with van der Waals surface area (Å²) in [7, 11) is 0. The fourth-order valence-corrected chi connectivity index (χ4v) is 2.35. The summed E-state index contributed by atoms with van der Waals surface area (Å²) < 4.78 is 27.0. The molecule has 0 aliphatic carbocycles. The Morgan fingerprint density at radius 3 is 2.18 bits per heavy atom. The van der Waals surface area contributed by atoms with E-state index in [1.54, 1.807) is 0 Å². The minimum absolute atomic E-state index is 0.243. The van der Waals surface area contributed by atoms with Crippen molar-refractivity contribution < 1.29 is 8.78 Å². The first-order chi connectivity index (χ1) is 8.20. The molecule has 1 aliphatic heterocycles. The number of hydrogen-bond acceptors (Lipinski definition) is 2. The normalized spacial score (nSPS) is 17.6. The Labute approximate surface area is 100 Å². The Morgan fingerprint density at radius 2 is 1.53 bits per heavy atom. The zero-order chi connectivity index (χ0) is 12.3. The van der Waals surface area contributed by atoms with Gasteiger partial charge in [-0.3, -0.25) is 0 Å². The number of rotatable bonds is 1. The zero-order valence-electron chi connectivity index (χ0n) is 9.88. The molecule has 0 aromatic heterocycles. The van der Waals surface area contributed by atoms with Crippen molar-refractivity contribution in [2.75, 3.05) is 23.7 Å². The Kier molecular flexibility index (Phi) is 3.82. The minimum Gasteiger partial charge on any atom is -0.397 e. The molecule has 94 valence electrons. The van der Waals surface area contributed by atoms with Gasteiger partial charge in [0.1, 0.15) is 0 Å². The Balaban J connectivity index is 2.27. The van der Waals surface area contributed by atoms with Gasteiger partial charge in [0.15, 0.2) is 11.6 Å². The van der Waals surface area contributed by atoms with Crippen LogP contribution in [0.15, 0.2) is 12.1 Å². The molecular weight excluding hydrogens is 222 g/mol. The van der Waals surface area contributed by atoms with E-state index in [1.807, 2.05) is 4.90 Å². The van der Waals surface area contributed by atoms with Gasteiger partial charge in [0, 0.05) is 13.1 Å². The van der Waals surface area contributed by atoms with E-state index in [0.29, 0.717) is 5.69 Å². The highest BCUT2D eigenvalue weighted by Gasteiger charge is 2.18. The predicted molar refractivity (Wildman–Crippen MR) is 66.1 cm³/mol. The first kappa shape index (κ1) is 12.1. The molecule has 1 saturated heterocycles. The van der Waals surface area contributed by atoms with E-state index in [1.165, 1.54) is 12.5 Å². The maximum Gasteiger partial charge on any atom is 0.184 e. The smallest absolute Gasteiger partial charge is 0.184 e. The minimum atomic E-state index is -0.823. The quantitative estimate of drug-likeness (QED) is 0.763. The number of halogens is 2. The summed E-state index contributed by atoms with van der Waals surface area (Å²) in [5.41, 5.74) is 6.33. The molecule has 2 nitrogen and oxygen atoms in total. The van der Waals surface area contributed by atoms with Crippen LogP contribution in [0.2, 0.25) is 0 Å². The first-order valence-electron chi connectivity index (χ1n) is 6.18. The van der Waals surface area contributed by atoms with Gasteiger partial charge in [-0.2, -0.15) is 0 Å². The fraction of sp³-hybridized carbons (Fsp3) is 0.538. The van der Waals surface area contributed by atoms with E-state index in [9.17, 15) is 8.78 Å². The lowest BCUT2D eigenvalue weighted by atomic mass is 10.1. The summed E-state index contributed by atoms with van der Waals surface area (Å²) >= 11 is 0. The third kappa shape index (κ3) is 2.68. The van der Waals surface area contributed by atoms with Gasteiger partial charge in [-0.25, -0.2) is 8.78 Å². The van der Waals surface area contributed by atoms with Crippen LogP contribution < -0.4 is 10.6 Å². The average Bonchev–Trinajstić information content (AvgIpc) is 2.26. The van der Waals surface area contributed by atoms with Gasteiger partial charge in [0.2, 0.25) is 0 Å². The molecule has 1 aromatic carbocycles. The molecule has 1 aliphatic rings. The molecule has 0 saturated carbocycles. The van der Waals surface area contributed by atoms with E-state index in [0.717, 1.165) is 44.8 Å². The molecule has 2 N–H and O–H groups in total. The van der Waals surface area contributed by atoms with Crippen LogP contribution in [-0.2, 0) is 0 Å². The van der Waals surface area contributed by atoms with Crippen LogP contribution in [0.4, 0.5) is 20.2 Å². The van der Waals surface area contributed by atoms with Crippen molar-refractivity contribution in [3.8, 4) is 0 Å². The van der Waals surface area contributed by atoms with Gasteiger partial charge in [-0.15, -0.1) is 0 Å². The zero-order valence-corrected chi connectivity index (χ0v) is 9.88. The van der Waals surface area contributed by atoms with E-state index in [-0.39, 0.29) is 5.69 Å². The highest BCUT2D eigenvalue weighted by Crippen LogP contribution is 2.30. The van der Waals surface area contributed by atoms with E-state index in [4.69, 9.17) is 5.73 Å².